The first-order chi connectivity index (χ1) is 13.8. The van der Waals surface area contributed by atoms with Gasteiger partial charge in [0.05, 0.1) is 13.2 Å². The standard InChI is InChI=1S/C22H34N4O2.HI/c1-23-22(24-14-18-9-13-28-21-5-3-2-4-20(18)21)25-19-6-10-26(11-7-19)15-17-8-12-27-16-17;/h2-5,17-19H,6-16H2,1H3,(H2,23,24,25);1H. The summed E-state index contributed by atoms with van der Waals surface area (Å²) >= 11 is 0. The highest BCUT2D eigenvalue weighted by Crippen LogP contribution is 2.32. The fourth-order valence-electron chi connectivity index (χ4n) is 4.59. The Labute approximate surface area is 191 Å². The largest absolute Gasteiger partial charge is 0.493 e. The van der Waals surface area contributed by atoms with Crippen LogP contribution in [0.15, 0.2) is 29.3 Å². The molecule has 3 aliphatic rings. The maximum Gasteiger partial charge on any atom is 0.191 e. The third-order valence-corrected chi connectivity index (χ3v) is 6.29. The second-order valence-corrected chi connectivity index (χ2v) is 8.27. The number of likely N-dealkylation sites (tertiary alicyclic amines) is 1. The third kappa shape index (κ3) is 6.21. The van der Waals surface area contributed by atoms with Crippen LogP contribution in [0.25, 0.3) is 0 Å². The normalized spacial score (nSPS) is 25.6. The van der Waals surface area contributed by atoms with Crippen LogP contribution >= 0.6 is 24.0 Å². The first kappa shape index (κ1) is 22.6. The highest BCUT2D eigenvalue weighted by atomic mass is 127. The number of fused-ring (bicyclic) bond motifs is 1. The molecule has 0 spiro atoms. The quantitative estimate of drug-likeness (QED) is 0.360. The van der Waals surface area contributed by atoms with E-state index in [2.05, 4.69) is 38.7 Å². The van der Waals surface area contributed by atoms with Crippen molar-refractivity contribution in [1.82, 2.24) is 15.5 Å². The Hall–Kier alpha value is -1.06. The molecule has 1 aromatic rings. The van der Waals surface area contributed by atoms with E-state index in [-0.39, 0.29) is 24.0 Å². The zero-order valence-corrected chi connectivity index (χ0v) is 19.8. The van der Waals surface area contributed by atoms with Gasteiger partial charge in [-0.05, 0) is 43.2 Å². The molecule has 4 rings (SSSR count). The molecule has 3 heterocycles. The molecule has 0 radical (unpaired) electrons. The smallest absolute Gasteiger partial charge is 0.191 e. The van der Waals surface area contributed by atoms with E-state index in [1.54, 1.807) is 0 Å². The summed E-state index contributed by atoms with van der Waals surface area (Å²) in [6, 6.07) is 8.90. The van der Waals surface area contributed by atoms with Gasteiger partial charge in [0.25, 0.3) is 0 Å². The Morgan fingerprint density at radius 1 is 1.14 bits per heavy atom. The topological polar surface area (TPSA) is 58.1 Å². The van der Waals surface area contributed by atoms with Gasteiger partial charge in [-0.25, -0.2) is 0 Å². The molecule has 7 heteroatoms. The van der Waals surface area contributed by atoms with E-state index in [0.717, 1.165) is 50.4 Å². The Morgan fingerprint density at radius 2 is 1.97 bits per heavy atom. The van der Waals surface area contributed by atoms with Gasteiger partial charge in [-0.2, -0.15) is 0 Å². The molecular formula is C22H35IN4O2. The summed E-state index contributed by atoms with van der Waals surface area (Å²) in [5.74, 6) is 3.16. The van der Waals surface area contributed by atoms with Gasteiger partial charge in [0.15, 0.2) is 5.96 Å². The molecule has 2 atom stereocenters. The Kier molecular flexibility index (Phi) is 8.86. The fourth-order valence-corrected chi connectivity index (χ4v) is 4.59. The molecule has 2 saturated heterocycles. The molecule has 0 bridgehead atoms. The lowest BCUT2D eigenvalue weighted by Gasteiger charge is -2.34. The average Bonchev–Trinajstić information content (AvgIpc) is 3.25. The maximum absolute atomic E-state index is 5.78. The van der Waals surface area contributed by atoms with Gasteiger partial charge in [-0.3, -0.25) is 4.99 Å². The van der Waals surface area contributed by atoms with Crippen molar-refractivity contribution in [2.24, 2.45) is 10.9 Å². The number of hydrogen-bond donors (Lipinski definition) is 2. The van der Waals surface area contributed by atoms with Gasteiger partial charge in [-0.15, -0.1) is 24.0 Å². The van der Waals surface area contributed by atoms with E-state index >= 15 is 0 Å². The minimum atomic E-state index is 0. The van der Waals surface area contributed by atoms with Crippen LogP contribution < -0.4 is 15.4 Å². The number of halogens is 1. The van der Waals surface area contributed by atoms with Crippen LogP contribution in [0.5, 0.6) is 5.75 Å². The summed E-state index contributed by atoms with van der Waals surface area (Å²) in [6.45, 7) is 7.10. The number of aliphatic imine (C=N–C) groups is 1. The van der Waals surface area contributed by atoms with Gasteiger partial charge in [0.1, 0.15) is 5.75 Å². The fraction of sp³-hybridized carbons (Fsp3) is 0.682. The minimum Gasteiger partial charge on any atom is -0.493 e. The number of guanidine groups is 1. The minimum absolute atomic E-state index is 0. The summed E-state index contributed by atoms with van der Waals surface area (Å²) in [4.78, 5) is 7.06. The van der Waals surface area contributed by atoms with Gasteiger partial charge in [0, 0.05) is 51.8 Å². The molecule has 2 unspecified atom stereocenters. The lowest BCUT2D eigenvalue weighted by atomic mass is 9.93. The molecule has 0 aliphatic carbocycles. The molecule has 0 saturated carbocycles. The number of rotatable bonds is 5. The van der Waals surface area contributed by atoms with Crippen LogP contribution in [0.4, 0.5) is 0 Å². The number of para-hydroxylation sites is 1. The van der Waals surface area contributed by atoms with Crippen molar-refractivity contribution in [3.05, 3.63) is 29.8 Å². The molecular weight excluding hydrogens is 479 g/mol. The summed E-state index contributed by atoms with van der Waals surface area (Å²) in [5, 5.41) is 7.19. The van der Waals surface area contributed by atoms with Crippen LogP contribution in [0.1, 0.15) is 37.2 Å². The van der Waals surface area contributed by atoms with Crippen molar-refractivity contribution >= 4 is 29.9 Å². The van der Waals surface area contributed by atoms with Crippen molar-refractivity contribution in [3.63, 3.8) is 0 Å². The van der Waals surface area contributed by atoms with Crippen molar-refractivity contribution in [2.75, 3.05) is 53.0 Å². The molecule has 0 amide bonds. The highest BCUT2D eigenvalue weighted by Gasteiger charge is 2.25. The molecule has 1 aromatic carbocycles. The van der Waals surface area contributed by atoms with E-state index < -0.39 is 0 Å². The maximum atomic E-state index is 5.78. The number of nitrogens with zero attached hydrogens (tertiary/aromatic N) is 2. The number of piperidine rings is 1. The number of ether oxygens (including phenoxy) is 2. The highest BCUT2D eigenvalue weighted by molar-refractivity contribution is 14.0. The summed E-state index contributed by atoms with van der Waals surface area (Å²) in [5.41, 5.74) is 1.31. The molecule has 6 nitrogen and oxygen atoms in total. The van der Waals surface area contributed by atoms with Crippen LogP contribution in [-0.2, 0) is 4.74 Å². The van der Waals surface area contributed by atoms with E-state index in [4.69, 9.17) is 9.47 Å². The summed E-state index contributed by atoms with van der Waals surface area (Å²) in [7, 11) is 1.86. The molecule has 2 fully saturated rings. The van der Waals surface area contributed by atoms with Crippen molar-refractivity contribution in [1.29, 1.82) is 0 Å². The first-order valence-electron chi connectivity index (χ1n) is 10.8. The predicted octanol–water partition coefficient (Wildman–Crippen LogP) is 2.84. The Balaban J connectivity index is 0.00000240. The lowest BCUT2D eigenvalue weighted by molar-refractivity contribution is 0.150. The van der Waals surface area contributed by atoms with Crippen LogP contribution in [0.2, 0.25) is 0 Å². The number of benzene rings is 1. The van der Waals surface area contributed by atoms with Gasteiger partial charge in [-0.1, -0.05) is 18.2 Å². The first-order valence-corrected chi connectivity index (χ1v) is 10.8. The molecule has 0 aromatic heterocycles. The average molecular weight is 514 g/mol. The van der Waals surface area contributed by atoms with Crippen LogP contribution in [0.3, 0.4) is 0 Å². The van der Waals surface area contributed by atoms with Crippen molar-refractivity contribution < 1.29 is 9.47 Å². The van der Waals surface area contributed by atoms with E-state index in [1.807, 2.05) is 13.1 Å². The van der Waals surface area contributed by atoms with E-state index in [1.165, 1.54) is 44.5 Å². The number of nitrogens with one attached hydrogen (secondary N) is 2. The third-order valence-electron chi connectivity index (χ3n) is 6.29. The van der Waals surface area contributed by atoms with E-state index in [9.17, 15) is 0 Å². The second kappa shape index (κ2) is 11.4. The number of hydrogen-bond acceptors (Lipinski definition) is 4. The van der Waals surface area contributed by atoms with Crippen molar-refractivity contribution in [2.45, 2.75) is 37.6 Å². The van der Waals surface area contributed by atoms with Crippen LogP contribution in [0, 0.1) is 5.92 Å². The molecule has 162 valence electrons. The van der Waals surface area contributed by atoms with Crippen LogP contribution in [-0.4, -0.2) is 69.9 Å². The van der Waals surface area contributed by atoms with Gasteiger partial charge in [0.2, 0.25) is 0 Å². The monoisotopic (exact) mass is 514 g/mol. The zero-order valence-electron chi connectivity index (χ0n) is 17.4. The Morgan fingerprint density at radius 3 is 2.72 bits per heavy atom. The second-order valence-electron chi connectivity index (χ2n) is 8.27. The lowest BCUT2D eigenvalue weighted by Crippen LogP contribution is -2.50. The molecule has 3 aliphatic heterocycles. The molecule has 2 N–H and O–H groups in total. The summed E-state index contributed by atoms with van der Waals surface area (Å²) < 4.78 is 11.3. The predicted molar refractivity (Wildman–Crippen MR) is 128 cm³/mol. The van der Waals surface area contributed by atoms with Gasteiger partial charge < -0.3 is 25.0 Å². The van der Waals surface area contributed by atoms with E-state index in [0.29, 0.717) is 12.0 Å². The zero-order chi connectivity index (χ0) is 19.2. The van der Waals surface area contributed by atoms with Crippen molar-refractivity contribution in [3.8, 4) is 5.75 Å². The SMILES string of the molecule is CN=C(NCC1CCOc2ccccc21)NC1CCN(CC2CCOC2)CC1.I. The summed E-state index contributed by atoms with van der Waals surface area (Å²) in [6.07, 6.45) is 4.62. The van der Waals surface area contributed by atoms with Gasteiger partial charge >= 0.3 is 0 Å². The molecule has 29 heavy (non-hydrogen) atoms. The Bertz CT molecular complexity index is 658.